The lowest BCUT2D eigenvalue weighted by atomic mass is 10.0. The summed E-state index contributed by atoms with van der Waals surface area (Å²) < 4.78 is 47.3. The predicted molar refractivity (Wildman–Crippen MR) is 121 cm³/mol. The fourth-order valence-electron chi connectivity index (χ4n) is 3.45. The number of nitrogens with zero attached hydrogens (tertiary/aromatic N) is 2. The van der Waals surface area contributed by atoms with Crippen molar-refractivity contribution in [3.8, 4) is 0 Å². The summed E-state index contributed by atoms with van der Waals surface area (Å²) in [7, 11) is 0. The number of piperazine rings is 1. The Kier molecular flexibility index (Phi) is 9.15. The van der Waals surface area contributed by atoms with Crippen LogP contribution in [0, 0.1) is 17.7 Å². The number of carbonyl (C=O) groups is 1. The smallest absolute Gasteiger partial charge is 0.423 e. The van der Waals surface area contributed by atoms with E-state index in [1.54, 1.807) is 31.7 Å². The van der Waals surface area contributed by atoms with E-state index in [0.29, 0.717) is 42.5 Å². The molecule has 1 heterocycles. The zero-order valence-corrected chi connectivity index (χ0v) is 20.0. The van der Waals surface area contributed by atoms with E-state index in [0.717, 1.165) is 5.56 Å². The van der Waals surface area contributed by atoms with E-state index >= 15 is 0 Å². The van der Waals surface area contributed by atoms with Gasteiger partial charge in [0, 0.05) is 42.9 Å². The number of carbonyl (C=O) groups excluding carboxylic acids is 1. The topological polar surface area (TPSA) is 122 Å². The van der Waals surface area contributed by atoms with E-state index in [4.69, 9.17) is 32.3 Å². The molecule has 190 valence electrons. The summed E-state index contributed by atoms with van der Waals surface area (Å²) in [6, 6.07) is 2.27. The fourth-order valence-corrected chi connectivity index (χ4v) is 3.69. The number of nitrogens with one attached hydrogen (secondary N) is 3. The molecule has 1 saturated heterocycles. The zero-order valence-electron chi connectivity index (χ0n) is 19.3. The van der Waals surface area contributed by atoms with Gasteiger partial charge in [-0.25, -0.2) is 4.79 Å². The van der Waals surface area contributed by atoms with Crippen molar-refractivity contribution >= 4 is 35.3 Å². The van der Waals surface area contributed by atoms with Crippen molar-refractivity contribution in [3.05, 3.63) is 28.3 Å². The Morgan fingerprint density at radius 1 is 1.32 bits per heavy atom. The normalized spacial score (nSPS) is 17.9. The maximum Gasteiger partial charge on any atom is 0.423 e. The third-order valence-corrected chi connectivity index (χ3v) is 5.39. The Morgan fingerprint density at radius 2 is 1.97 bits per heavy atom. The van der Waals surface area contributed by atoms with Crippen molar-refractivity contribution in [1.82, 2.24) is 9.80 Å². The molecule has 2 atom stereocenters. The van der Waals surface area contributed by atoms with Gasteiger partial charge in [0.15, 0.2) is 0 Å². The zero-order chi connectivity index (χ0) is 25.8. The molecular formula is C21H29ClF3N5O4. The average Bonchev–Trinajstić information content (AvgIpc) is 2.69. The minimum atomic E-state index is -5.08. The maximum atomic E-state index is 12.5. The molecule has 0 radical (unpaired) electrons. The van der Waals surface area contributed by atoms with E-state index in [1.165, 1.54) is 6.07 Å². The van der Waals surface area contributed by atoms with Crippen LogP contribution in [-0.2, 0) is 16.0 Å². The number of aliphatic hydroxyl groups excluding tert-OH is 1. The van der Waals surface area contributed by atoms with Crippen LogP contribution in [0.1, 0.15) is 31.9 Å². The van der Waals surface area contributed by atoms with Gasteiger partial charge >= 0.3 is 12.3 Å². The SMILES string of the molecule is Cc1c(CN2CCN(C(=O)OC(C)C)[C@@H](C)C2)cc(Cl)cc1NC(=N)OC(=N)C(O)C(F)(F)F. The molecule has 1 aromatic rings. The van der Waals surface area contributed by atoms with Gasteiger partial charge in [-0.15, -0.1) is 0 Å². The molecule has 0 spiro atoms. The van der Waals surface area contributed by atoms with E-state index in [-0.39, 0.29) is 18.2 Å². The Labute approximate surface area is 200 Å². The van der Waals surface area contributed by atoms with Crippen LogP contribution in [0.4, 0.5) is 23.7 Å². The molecule has 1 fully saturated rings. The number of hydrogen-bond donors (Lipinski definition) is 4. The quantitative estimate of drug-likeness (QED) is 0.353. The Hall–Kier alpha value is -2.57. The van der Waals surface area contributed by atoms with Crippen molar-refractivity contribution in [2.75, 3.05) is 25.0 Å². The Bertz CT molecular complexity index is 928. The number of anilines is 1. The molecule has 0 aromatic heterocycles. The van der Waals surface area contributed by atoms with Crippen molar-refractivity contribution in [2.45, 2.75) is 58.7 Å². The summed E-state index contributed by atoms with van der Waals surface area (Å²) in [5.41, 5.74) is 1.79. The second-order valence-electron chi connectivity index (χ2n) is 8.31. The first kappa shape index (κ1) is 27.7. The molecule has 34 heavy (non-hydrogen) atoms. The first-order valence-corrected chi connectivity index (χ1v) is 10.9. The van der Waals surface area contributed by atoms with Gasteiger partial charge < -0.3 is 24.8 Å². The molecule has 1 aliphatic heterocycles. The van der Waals surface area contributed by atoms with Crippen LogP contribution in [0.5, 0.6) is 0 Å². The highest BCUT2D eigenvalue weighted by molar-refractivity contribution is 6.31. The molecule has 13 heteroatoms. The summed E-state index contributed by atoms with van der Waals surface area (Å²) in [5.74, 6) is -1.52. The average molecular weight is 508 g/mol. The van der Waals surface area contributed by atoms with Gasteiger partial charge in [-0.2, -0.15) is 13.2 Å². The Morgan fingerprint density at radius 3 is 2.53 bits per heavy atom. The highest BCUT2D eigenvalue weighted by Crippen LogP contribution is 2.27. The first-order chi connectivity index (χ1) is 15.7. The molecule has 9 nitrogen and oxygen atoms in total. The summed E-state index contributed by atoms with van der Waals surface area (Å²) in [6.45, 7) is 9.40. The van der Waals surface area contributed by atoms with Gasteiger partial charge in [0.2, 0.25) is 12.0 Å². The van der Waals surface area contributed by atoms with Crippen LogP contribution in [0.25, 0.3) is 0 Å². The largest absolute Gasteiger partial charge is 0.447 e. The molecule has 1 unspecified atom stereocenters. The second kappa shape index (κ2) is 11.2. The second-order valence-corrected chi connectivity index (χ2v) is 8.75. The molecule has 0 saturated carbocycles. The molecule has 0 bridgehead atoms. The number of benzene rings is 1. The van der Waals surface area contributed by atoms with Crippen molar-refractivity contribution in [1.29, 1.82) is 10.8 Å². The summed E-state index contributed by atoms with van der Waals surface area (Å²) >= 11 is 6.21. The molecular weight excluding hydrogens is 479 g/mol. The van der Waals surface area contributed by atoms with Crippen LogP contribution in [0.3, 0.4) is 0 Å². The van der Waals surface area contributed by atoms with E-state index in [2.05, 4.69) is 15.0 Å². The molecule has 4 N–H and O–H groups in total. The van der Waals surface area contributed by atoms with Crippen molar-refractivity contribution in [3.63, 3.8) is 0 Å². The van der Waals surface area contributed by atoms with Crippen LogP contribution in [0.2, 0.25) is 5.02 Å². The van der Waals surface area contributed by atoms with Crippen LogP contribution >= 0.6 is 11.6 Å². The molecule has 1 aromatic carbocycles. The fraction of sp³-hybridized carbons (Fsp3) is 0.571. The number of hydrogen-bond acceptors (Lipinski definition) is 7. The Balaban J connectivity index is 2.05. The third kappa shape index (κ3) is 7.47. The van der Waals surface area contributed by atoms with E-state index in [9.17, 15) is 18.0 Å². The maximum absolute atomic E-state index is 12.5. The van der Waals surface area contributed by atoms with E-state index in [1.807, 2.05) is 6.92 Å². The minimum absolute atomic E-state index is 0.0789. The van der Waals surface area contributed by atoms with E-state index < -0.39 is 24.2 Å². The van der Waals surface area contributed by atoms with Gasteiger partial charge in [0.05, 0.1) is 6.10 Å². The molecule has 2 rings (SSSR count). The number of amides is 1. The summed E-state index contributed by atoms with van der Waals surface area (Å²) in [5, 5.41) is 26.8. The van der Waals surface area contributed by atoms with Gasteiger partial charge in [0.25, 0.3) is 6.02 Å². The minimum Gasteiger partial charge on any atom is -0.447 e. The lowest BCUT2D eigenvalue weighted by Crippen LogP contribution is -2.54. The molecule has 0 aliphatic carbocycles. The van der Waals surface area contributed by atoms with Gasteiger partial charge in [0.1, 0.15) is 0 Å². The predicted octanol–water partition coefficient (Wildman–Crippen LogP) is 3.96. The number of aliphatic hydroxyl groups is 1. The van der Waals surface area contributed by atoms with Crippen LogP contribution in [-0.4, -0.2) is 77.0 Å². The van der Waals surface area contributed by atoms with Crippen molar-refractivity contribution < 1.29 is 32.5 Å². The summed E-state index contributed by atoms with van der Waals surface area (Å²) in [4.78, 5) is 16.0. The molecule has 1 aliphatic rings. The number of halogens is 4. The van der Waals surface area contributed by atoms with Crippen LogP contribution in [0.15, 0.2) is 12.1 Å². The van der Waals surface area contributed by atoms with Gasteiger partial charge in [-0.1, -0.05) is 11.6 Å². The first-order valence-electron chi connectivity index (χ1n) is 10.5. The lowest BCUT2D eigenvalue weighted by Gasteiger charge is -2.39. The standard InChI is InChI=1S/C21H29ClF3N5O4/c1-11(2)33-20(32)30-6-5-29(9-12(30)3)10-14-7-15(22)8-16(13(14)4)28-19(27)34-18(26)17(31)21(23,24)25/h7-8,11-12,17,26,31H,5-6,9-10H2,1-4H3,(H2,27,28)/t12-,17?/m0/s1. The van der Waals surface area contributed by atoms with Gasteiger partial charge in [-0.3, -0.25) is 15.7 Å². The number of amidine groups is 1. The highest BCUT2D eigenvalue weighted by atomic mass is 35.5. The number of ether oxygens (including phenoxy) is 2. The number of rotatable bonds is 5. The lowest BCUT2D eigenvalue weighted by molar-refractivity contribution is -0.184. The van der Waals surface area contributed by atoms with Crippen molar-refractivity contribution in [2.24, 2.45) is 0 Å². The highest BCUT2D eigenvalue weighted by Gasteiger charge is 2.43. The molecule has 1 amide bonds. The van der Waals surface area contributed by atoms with Crippen LogP contribution < -0.4 is 5.32 Å². The third-order valence-electron chi connectivity index (χ3n) is 5.18. The number of alkyl halides is 3. The monoisotopic (exact) mass is 507 g/mol. The summed E-state index contributed by atoms with van der Waals surface area (Å²) in [6.07, 6.45) is -8.78. The van der Waals surface area contributed by atoms with Gasteiger partial charge in [-0.05, 0) is 51.0 Å².